The topological polar surface area (TPSA) is 9.86 Å². The van der Waals surface area contributed by atoms with Gasteiger partial charge in [0.25, 0.3) is 0 Å². The summed E-state index contributed by atoms with van der Waals surface area (Å²) in [5.74, 6) is 0. The third-order valence-electron chi connectivity index (χ3n) is 5.44. The summed E-state index contributed by atoms with van der Waals surface area (Å²) in [5.41, 5.74) is 7.52. The molecule has 4 rings (SSSR count). The van der Waals surface area contributed by atoms with Crippen LogP contribution in [0.15, 0.2) is 67.3 Å². The number of benzene rings is 2. The molecule has 0 spiro atoms. The monoisotopic (exact) mass is 340 g/mol. The molecule has 0 N–H and O–H groups in total. The average molecular weight is 340 g/mol. The molecular formula is C24H24N2. The molecule has 0 saturated carbocycles. The zero-order chi connectivity index (χ0) is 18.4. The summed E-state index contributed by atoms with van der Waals surface area (Å²) in [5, 5.41) is 3.91. The van der Waals surface area contributed by atoms with Crippen molar-refractivity contribution in [3.63, 3.8) is 0 Å². The summed E-state index contributed by atoms with van der Waals surface area (Å²) in [4.78, 5) is 0. The molecule has 2 aromatic carbocycles. The van der Waals surface area contributed by atoms with Crippen molar-refractivity contribution in [2.45, 2.75) is 20.8 Å². The van der Waals surface area contributed by atoms with Crippen molar-refractivity contribution in [2.75, 3.05) is 0 Å². The lowest BCUT2D eigenvalue weighted by molar-refractivity contribution is 1.01. The van der Waals surface area contributed by atoms with Crippen molar-refractivity contribution in [3.05, 3.63) is 78.5 Å². The largest absolute Gasteiger partial charge is 0.344 e. The first kappa shape index (κ1) is 16.5. The Morgan fingerprint density at radius 1 is 0.962 bits per heavy atom. The number of para-hydroxylation sites is 1. The summed E-state index contributed by atoms with van der Waals surface area (Å²) in [6.45, 7) is 10.3. The minimum absolute atomic E-state index is 1.14. The number of aryl methyl sites for hydroxylation is 2. The van der Waals surface area contributed by atoms with Crippen LogP contribution < -0.4 is 0 Å². The third kappa shape index (κ3) is 2.19. The molecule has 0 fully saturated rings. The number of fused-ring (bicyclic) bond motifs is 4. The first-order chi connectivity index (χ1) is 12.6. The van der Waals surface area contributed by atoms with E-state index in [0.717, 1.165) is 5.70 Å². The third-order valence-corrected chi connectivity index (χ3v) is 5.44. The molecule has 0 amide bonds. The summed E-state index contributed by atoms with van der Waals surface area (Å²) in [6.07, 6.45) is 8.14. The van der Waals surface area contributed by atoms with Gasteiger partial charge in [0.1, 0.15) is 0 Å². The van der Waals surface area contributed by atoms with E-state index in [-0.39, 0.29) is 0 Å². The Kier molecular flexibility index (Phi) is 3.84. The minimum Gasteiger partial charge on any atom is -0.344 e. The molecule has 0 aliphatic heterocycles. The highest BCUT2D eigenvalue weighted by Crippen LogP contribution is 2.36. The van der Waals surface area contributed by atoms with Crippen molar-refractivity contribution in [1.82, 2.24) is 9.13 Å². The highest BCUT2D eigenvalue weighted by Gasteiger charge is 2.16. The van der Waals surface area contributed by atoms with Crippen LogP contribution in [-0.4, -0.2) is 9.13 Å². The standard InChI is InChI=1S/C24H24N2/c1-6-10-18(11-7-2)26-17(4)16(3)20-14-23-21(15-24(20)26)19-12-8-9-13-22(19)25(23)5/h6-15H,1H2,2-5H3/b11-7-,18-10+. The van der Waals surface area contributed by atoms with Crippen LogP contribution in [0.2, 0.25) is 0 Å². The smallest absolute Gasteiger partial charge is 0.0541 e. The number of rotatable bonds is 3. The summed E-state index contributed by atoms with van der Waals surface area (Å²) in [7, 11) is 2.15. The number of allylic oxidation sites excluding steroid dienone is 5. The molecule has 2 heteroatoms. The van der Waals surface area contributed by atoms with Crippen molar-refractivity contribution in [3.8, 4) is 0 Å². The number of hydrogen-bond donors (Lipinski definition) is 0. The first-order valence-corrected chi connectivity index (χ1v) is 9.03. The maximum Gasteiger partial charge on any atom is 0.0541 e. The van der Waals surface area contributed by atoms with Crippen LogP contribution in [-0.2, 0) is 7.05 Å². The molecule has 130 valence electrons. The van der Waals surface area contributed by atoms with Gasteiger partial charge in [0, 0.05) is 45.6 Å². The maximum absolute atomic E-state index is 3.89. The van der Waals surface area contributed by atoms with Gasteiger partial charge in [0.15, 0.2) is 0 Å². The van der Waals surface area contributed by atoms with Gasteiger partial charge in [0.05, 0.1) is 5.52 Å². The van der Waals surface area contributed by atoms with Crippen LogP contribution in [0.1, 0.15) is 18.2 Å². The van der Waals surface area contributed by atoms with Crippen molar-refractivity contribution in [2.24, 2.45) is 7.05 Å². The van der Waals surface area contributed by atoms with Gasteiger partial charge in [-0.1, -0.05) is 36.9 Å². The second-order valence-electron chi connectivity index (χ2n) is 6.84. The first-order valence-electron chi connectivity index (χ1n) is 9.03. The lowest BCUT2D eigenvalue weighted by Crippen LogP contribution is -1.97. The van der Waals surface area contributed by atoms with Gasteiger partial charge >= 0.3 is 0 Å². The summed E-state index contributed by atoms with van der Waals surface area (Å²) < 4.78 is 4.64. The van der Waals surface area contributed by atoms with Gasteiger partial charge in [-0.25, -0.2) is 0 Å². The fourth-order valence-electron chi connectivity index (χ4n) is 4.05. The molecule has 0 radical (unpaired) electrons. The molecule has 2 aromatic heterocycles. The zero-order valence-corrected chi connectivity index (χ0v) is 15.9. The Hall–Kier alpha value is -3.00. The van der Waals surface area contributed by atoms with Gasteiger partial charge in [-0.05, 0) is 56.7 Å². The van der Waals surface area contributed by atoms with Gasteiger partial charge in [-0.2, -0.15) is 0 Å². The van der Waals surface area contributed by atoms with E-state index < -0.39 is 0 Å². The Balaban J connectivity index is 2.19. The lowest BCUT2D eigenvalue weighted by Gasteiger charge is -2.10. The van der Waals surface area contributed by atoms with Crippen LogP contribution in [0.25, 0.3) is 38.4 Å². The van der Waals surface area contributed by atoms with E-state index in [1.54, 1.807) is 0 Å². The van der Waals surface area contributed by atoms with E-state index in [0.29, 0.717) is 0 Å². The van der Waals surface area contributed by atoms with Gasteiger partial charge in [0.2, 0.25) is 0 Å². The normalized spacial score (nSPS) is 12.8. The molecular weight excluding hydrogens is 316 g/mol. The Bertz CT molecular complexity index is 1230. The molecule has 0 unspecified atom stereocenters. The molecule has 0 bridgehead atoms. The van der Waals surface area contributed by atoms with E-state index in [1.807, 2.05) is 13.0 Å². The molecule has 4 aromatic rings. The average Bonchev–Trinajstić information content (AvgIpc) is 3.06. The molecule has 26 heavy (non-hydrogen) atoms. The quantitative estimate of drug-likeness (QED) is 0.376. The Labute approximate surface area is 154 Å². The molecule has 2 nitrogen and oxygen atoms in total. The lowest BCUT2D eigenvalue weighted by atomic mass is 10.1. The van der Waals surface area contributed by atoms with E-state index in [4.69, 9.17) is 0 Å². The molecule has 0 atom stereocenters. The minimum atomic E-state index is 1.14. The predicted molar refractivity (Wildman–Crippen MR) is 115 cm³/mol. The highest BCUT2D eigenvalue weighted by molar-refractivity contribution is 6.13. The van der Waals surface area contributed by atoms with Crippen molar-refractivity contribution >= 4 is 38.4 Å². The molecule has 0 saturated heterocycles. The fraction of sp³-hybridized carbons (Fsp3) is 0.167. The molecule has 2 heterocycles. The number of hydrogen-bond acceptors (Lipinski definition) is 0. The summed E-state index contributed by atoms with van der Waals surface area (Å²) >= 11 is 0. The molecule has 0 aliphatic rings. The van der Waals surface area contributed by atoms with Crippen LogP contribution in [0.3, 0.4) is 0 Å². The van der Waals surface area contributed by atoms with Crippen LogP contribution in [0.5, 0.6) is 0 Å². The van der Waals surface area contributed by atoms with E-state index in [2.05, 4.69) is 91.2 Å². The van der Waals surface area contributed by atoms with Crippen molar-refractivity contribution in [1.29, 1.82) is 0 Å². The summed E-state index contributed by atoms with van der Waals surface area (Å²) in [6, 6.07) is 13.3. The van der Waals surface area contributed by atoms with Crippen LogP contribution in [0, 0.1) is 13.8 Å². The van der Waals surface area contributed by atoms with E-state index in [9.17, 15) is 0 Å². The Morgan fingerprint density at radius 2 is 1.69 bits per heavy atom. The van der Waals surface area contributed by atoms with Crippen molar-refractivity contribution < 1.29 is 0 Å². The second-order valence-corrected chi connectivity index (χ2v) is 6.84. The Morgan fingerprint density at radius 3 is 2.42 bits per heavy atom. The number of aromatic nitrogens is 2. The number of nitrogens with zero attached hydrogens (tertiary/aromatic N) is 2. The SMILES string of the molecule is C=C/C=C(\C=C/C)n1c(C)c(C)c2cc3c(cc21)c1ccccc1n3C. The molecule has 0 aliphatic carbocycles. The van der Waals surface area contributed by atoms with Gasteiger partial charge < -0.3 is 9.13 Å². The van der Waals surface area contributed by atoms with Crippen LogP contribution in [0.4, 0.5) is 0 Å². The van der Waals surface area contributed by atoms with Gasteiger partial charge in [-0.15, -0.1) is 0 Å². The van der Waals surface area contributed by atoms with Crippen LogP contribution >= 0.6 is 0 Å². The maximum atomic E-state index is 3.89. The van der Waals surface area contributed by atoms with E-state index >= 15 is 0 Å². The fourth-order valence-corrected chi connectivity index (χ4v) is 4.05. The van der Waals surface area contributed by atoms with E-state index in [1.165, 1.54) is 44.0 Å². The zero-order valence-electron chi connectivity index (χ0n) is 15.9. The predicted octanol–water partition coefficient (Wildman–Crippen LogP) is 6.51. The highest BCUT2D eigenvalue weighted by atomic mass is 15.0. The second kappa shape index (κ2) is 6.06. The van der Waals surface area contributed by atoms with Gasteiger partial charge in [-0.3, -0.25) is 0 Å².